The summed E-state index contributed by atoms with van der Waals surface area (Å²) in [5.41, 5.74) is 2.28. The van der Waals surface area contributed by atoms with E-state index in [-0.39, 0.29) is 5.91 Å². The number of likely N-dealkylation sites (tertiary alicyclic amines) is 1. The van der Waals surface area contributed by atoms with Gasteiger partial charge in [-0.3, -0.25) is 4.79 Å². The zero-order valence-corrected chi connectivity index (χ0v) is 16.1. The number of aliphatic imine (C=N–C) groups is 1. The number of hydrogen-bond donors (Lipinski definition) is 2. The zero-order chi connectivity index (χ0) is 18.6. The summed E-state index contributed by atoms with van der Waals surface area (Å²) in [5, 5.41) is 6.25. The van der Waals surface area contributed by atoms with Crippen molar-refractivity contribution in [1.29, 1.82) is 0 Å². The molecule has 1 saturated heterocycles. The number of nitrogens with one attached hydrogen (secondary N) is 2. The molecular formula is C20H30N4O2. The lowest BCUT2D eigenvalue weighted by molar-refractivity contribution is -0.114. The SMILES string of the molecule is CCNC(=NCc1ccc(OC)c(NC(C)=O)c1)N1CCC2(CCC2)C1. The molecule has 1 aromatic carbocycles. The van der Waals surface area contributed by atoms with Crippen molar-refractivity contribution in [2.45, 2.75) is 46.1 Å². The van der Waals surface area contributed by atoms with Crippen LogP contribution in [0.3, 0.4) is 0 Å². The summed E-state index contributed by atoms with van der Waals surface area (Å²) in [6, 6.07) is 5.81. The van der Waals surface area contributed by atoms with E-state index in [0.717, 1.165) is 31.2 Å². The van der Waals surface area contributed by atoms with E-state index >= 15 is 0 Å². The van der Waals surface area contributed by atoms with Crippen molar-refractivity contribution in [2.75, 3.05) is 32.1 Å². The lowest BCUT2D eigenvalue weighted by Crippen LogP contribution is -2.42. The Kier molecular flexibility index (Phi) is 5.69. The van der Waals surface area contributed by atoms with Gasteiger partial charge in [0.15, 0.2) is 5.96 Å². The number of guanidine groups is 1. The standard InChI is InChI=1S/C20H30N4O2/c1-4-21-19(24-11-10-20(14-24)8-5-9-20)22-13-16-6-7-18(26-3)17(12-16)23-15(2)25/h6-7,12H,4-5,8-11,13-14H2,1-3H3,(H,21,22)(H,23,25). The predicted molar refractivity (Wildman–Crippen MR) is 105 cm³/mol. The van der Waals surface area contributed by atoms with Crippen LogP contribution in [0.4, 0.5) is 5.69 Å². The van der Waals surface area contributed by atoms with Gasteiger partial charge in [0.05, 0.1) is 19.3 Å². The number of anilines is 1. The molecule has 142 valence electrons. The fourth-order valence-corrected chi connectivity index (χ4v) is 3.93. The second-order valence-electron chi connectivity index (χ2n) is 7.41. The minimum Gasteiger partial charge on any atom is -0.495 e. The van der Waals surface area contributed by atoms with Crippen LogP contribution in [0.1, 0.15) is 45.1 Å². The van der Waals surface area contributed by atoms with Gasteiger partial charge in [0.2, 0.25) is 5.91 Å². The molecule has 1 saturated carbocycles. The van der Waals surface area contributed by atoms with Crippen molar-refractivity contribution in [3.8, 4) is 5.75 Å². The van der Waals surface area contributed by atoms with Crippen LogP contribution >= 0.6 is 0 Å². The molecule has 0 atom stereocenters. The van der Waals surface area contributed by atoms with E-state index in [2.05, 4.69) is 22.5 Å². The number of methoxy groups -OCH3 is 1. The highest BCUT2D eigenvalue weighted by Gasteiger charge is 2.43. The second kappa shape index (κ2) is 7.98. The number of carbonyl (C=O) groups excluding carboxylic acids is 1. The van der Waals surface area contributed by atoms with E-state index in [1.165, 1.54) is 32.6 Å². The molecule has 6 heteroatoms. The smallest absolute Gasteiger partial charge is 0.221 e. The normalized spacial score (nSPS) is 18.6. The van der Waals surface area contributed by atoms with Crippen LogP contribution < -0.4 is 15.4 Å². The third-order valence-electron chi connectivity index (χ3n) is 5.47. The number of benzene rings is 1. The summed E-state index contributed by atoms with van der Waals surface area (Å²) in [6.45, 7) is 7.25. The molecular weight excluding hydrogens is 328 g/mol. The van der Waals surface area contributed by atoms with E-state index in [0.29, 0.717) is 23.4 Å². The highest BCUT2D eigenvalue weighted by atomic mass is 16.5. The van der Waals surface area contributed by atoms with Gasteiger partial charge in [0, 0.05) is 26.6 Å². The van der Waals surface area contributed by atoms with Crippen LogP contribution in [0.15, 0.2) is 23.2 Å². The average molecular weight is 358 g/mol. The maximum absolute atomic E-state index is 11.4. The third kappa shape index (κ3) is 4.11. The third-order valence-corrected chi connectivity index (χ3v) is 5.47. The van der Waals surface area contributed by atoms with Crippen LogP contribution in [0.5, 0.6) is 5.75 Å². The van der Waals surface area contributed by atoms with Crippen molar-refractivity contribution >= 4 is 17.6 Å². The van der Waals surface area contributed by atoms with E-state index in [1.807, 2.05) is 18.2 Å². The van der Waals surface area contributed by atoms with E-state index in [4.69, 9.17) is 9.73 Å². The van der Waals surface area contributed by atoms with Crippen molar-refractivity contribution in [3.05, 3.63) is 23.8 Å². The fraction of sp³-hybridized carbons (Fsp3) is 0.600. The molecule has 3 rings (SSSR count). The molecule has 0 bridgehead atoms. The second-order valence-corrected chi connectivity index (χ2v) is 7.41. The predicted octanol–water partition coefficient (Wildman–Crippen LogP) is 3.00. The first-order valence-corrected chi connectivity index (χ1v) is 9.53. The Morgan fingerprint density at radius 3 is 2.73 bits per heavy atom. The Balaban J connectivity index is 1.72. The van der Waals surface area contributed by atoms with E-state index in [9.17, 15) is 4.79 Å². The van der Waals surface area contributed by atoms with Gasteiger partial charge in [-0.05, 0) is 49.3 Å². The van der Waals surface area contributed by atoms with Gasteiger partial charge in [0.25, 0.3) is 0 Å². The van der Waals surface area contributed by atoms with Crippen molar-refractivity contribution in [3.63, 3.8) is 0 Å². The Hall–Kier alpha value is -2.24. The number of amides is 1. The summed E-state index contributed by atoms with van der Waals surface area (Å²) in [4.78, 5) is 18.6. The molecule has 2 aliphatic rings. The van der Waals surface area contributed by atoms with Crippen LogP contribution in [-0.2, 0) is 11.3 Å². The molecule has 0 unspecified atom stereocenters. The van der Waals surface area contributed by atoms with Gasteiger partial charge in [-0.15, -0.1) is 0 Å². The quantitative estimate of drug-likeness (QED) is 0.627. The van der Waals surface area contributed by atoms with E-state index < -0.39 is 0 Å². The molecule has 1 amide bonds. The van der Waals surface area contributed by atoms with Gasteiger partial charge in [-0.1, -0.05) is 12.5 Å². The first kappa shape index (κ1) is 18.5. The fourth-order valence-electron chi connectivity index (χ4n) is 3.93. The lowest BCUT2D eigenvalue weighted by Gasteiger charge is -2.38. The van der Waals surface area contributed by atoms with Gasteiger partial charge in [-0.25, -0.2) is 4.99 Å². The zero-order valence-electron chi connectivity index (χ0n) is 16.1. The number of ether oxygens (including phenoxy) is 1. The van der Waals surface area contributed by atoms with Gasteiger partial charge in [0.1, 0.15) is 5.75 Å². The average Bonchev–Trinajstić information content (AvgIpc) is 3.04. The molecule has 26 heavy (non-hydrogen) atoms. The maximum Gasteiger partial charge on any atom is 0.221 e. The number of rotatable bonds is 5. The minimum atomic E-state index is -0.111. The van der Waals surface area contributed by atoms with Gasteiger partial charge in [-0.2, -0.15) is 0 Å². The largest absolute Gasteiger partial charge is 0.495 e. The molecule has 0 radical (unpaired) electrons. The van der Waals surface area contributed by atoms with Crippen LogP contribution in [0, 0.1) is 5.41 Å². The summed E-state index contributed by atoms with van der Waals surface area (Å²) in [6.07, 6.45) is 5.38. The number of nitrogens with zero attached hydrogens (tertiary/aromatic N) is 2. The summed E-state index contributed by atoms with van der Waals surface area (Å²) in [5.74, 6) is 1.54. The Morgan fingerprint density at radius 1 is 1.35 bits per heavy atom. The Bertz CT molecular complexity index is 682. The number of hydrogen-bond acceptors (Lipinski definition) is 3. The maximum atomic E-state index is 11.4. The Morgan fingerprint density at radius 2 is 2.15 bits per heavy atom. The summed E-state index contributed by atoms with van der Waals surface area (Å²) >= 11 is 0. The van der Waals surface area contributed by atoms with Crippen molar-refractivity contribution in [2.24, 2.45) is 10.4 Å². The molecule has 1 aromatic rings. The van der Waals surface area contributed by atoms with Crippen molar-refractivity contribution in [1.82, 2.24) is 10.2 Å². The summed E-state index contributed by atoms with van der Waals surface area (Å²) < 4.78 is 5.32. The van der Waals surface area contributed by atoms with Crippen LogP contribution in [-0.4, -0.2) is 43.5 Å². The monoisotopic (exact) mass is 358 g/mol. The lowest BCUT2D eigenvalue weighted by atomic mass is 9.68. The van der Waals surface area contributed by atoms with Crippen LogP contribution in [0.25, 0.3) is 0 Å². The highest BCUT2D eigenvalue weighted by molar-refractivity contribution is 5.90. The van der Waals surface area contributed by atoms with Gasteiger partial charge >= 0.3 is 0 Å². The van der Waals surface area contributed by atoms with Gasteiger partial charge < -0.3 is 20.3 Å². The topological polar surface area (TPSA) is 66.0 Å². The molecule has 1 heterocycles. The molecule has 2 N–H and O–H groups in total. The minimum absolute atomic E-state index is 0.111. The number of carbonyl (C=O) groups is 1. The highest BCUT2D eigenvalue weighted by Crippen LogP contribution is 2.47. The first-order chi connectivity index (χ1) is 12.5. The molecule has 1 aliphatic heterocycles. The summed E-state index contributed by atoms with van der Waals surface area (Å²) in [7, 11) is 1.60. The molecule has 2 fully saturated rings. The molecule has 1 aliphatic carbocycles. The molecule has 6 nitrogen and oxygen atoms in total. The first-order valence-electron chi connectivity index (χ1n) is 9.53. The van der Waals surface area contributed by atoms with Crippen molar-refractivity contribution < 1.29 is 9.53 Å². The molecule has 1 spiro atoms. The Labute approximate surface area is 156 Å². The molecule has 0 aromatic heterocycles. The van der Waals surface area contributed by atoms with Crippen LogP contribution in [0.2, 0.25) is 0 Å². The van der Waals surface area contributed by atoms with E-state index in [1.54, 1.807) is 7.11 Å².